The van der Waals surface area contributed by atoms with Crippen molar-refractivity contribution in [3.05, 3.63) is 90.5 Å². The summed E-state index contributed by atoms with van der Waals surface area (Å²) in [5, 5.41) is 37.3. The molecule has 2 aromatic rings. The number of aryl methyl sites for hydroxylation is 1. The molecule has 53 heavy (non-hydrogen) atoms. The van der Waals surface area contributed by atoms with Crippen LogP contribution in [0.15, 0.2) is 54.1 Å². The molecule has 0 aromatic heterocycles. The van der Waals surface area contributed by atoms with Crippen molar-refractivity contribution in [2.75, 3.05) is 24.4 Å². The fourth-order valence-electron chi connectivity index (χ4n) is 7.05. The summed E-state index contributed by atoms with van der Waals surface area (Å²) in [5.74, 6) is -1.75. The van der Waals surface area contributed by atoms with E-state index < -0.39 is 87.1 Å². The highest BCUT2D eigenvalue weighted by Gasteiger charge is 2.64. The SMILES string of the molecule is CO[C@@H]1/C=C/C=C(\C)Cc2cc(C)c(Cl)c(c2)N(C)C(=O)C[C@H](OC(=O)Nc2ccc([N+](=O)[O-])cc2[N+](=O)[O-])[C@]2(C)O[C@H]2[C@H](C)[C@@H]2C[C@@]1(O)CC(=O)O2. The number of nitrogens with zero attached hydrogens (tertiary/aromatic N) is 3. The molecule has 2 N–H and O–H groups in total. The third kappa shape index (κ3) is 8.35. The van der Waals surface area contributed by atoms with E-state index in [0.29, 0.717) is 23.2 Å². The van der Waals surface area contributed by atoms with Gasteiger partial charge in [0.1, 0.15) is 35.2 Å². The number of amides is 2. The Hall–Kier alpha value is -4.90. The molecule has 17 heteroatoms. The van der Waals surface area contributed by atoms with Gasteiger partial charge in [0.05, 0.1) is 45.6 Å². The fourth-order valence-corrected chi connectivity index (χ4v) is 7.29. The van der Waals surface area contributed by atoms with Gasteiger partial charge in [-0.2, -0.15) is 0 Å². The molecule has 2 amide bonds. The van der Waals surface area contributed by atoms with Crippen LogP contribution >= 0.6 is 11.6 Å². The van der Waals surface area contributed by atoms with Crippen LogP contribution in [0.25, 0.3) is 0 Å². The molecule has 2 saturated heterocycles. The first-order valence-electron chi connectivity index (χ1n) is 16.8. The molecule has 0 unspecified atom stereocenters. The zero-order valence-electron chi connectivity index (χ0n) is 30.0. The van der Waals surface area contributed by atoms with Crippen LogP contribution in [0.1, 0.15) is 51.2 Å². The molecule has 3 aliphatic heterocycles. The first-order chi connectivity index (χ1) is 24.9. The number of nitro groups is 2. The highest BCUT2D eigenvalue weighted by Crippen LogP contribution is 2.49. The maximum atomic E-state index is 14.0. The molecule has 5 rings (SSSR count). The van der Waals surface area contributed by atoms with Crippen molar-refractivity contribution in [1.82, 2.24) is 0 Å². The van der Waals surface area contributed by atoms with E-state index in [4.69, 9.17) is 30.5 Å². The van der Waals surface area contributed by atoms with E-state index in [9.17, 15) is 39.7 Å². The van der Waals surface area contributed by atoms with Gasteiger partial charge in [-0.25, -0.2) is 4.79 Å². The zero-order chi connectivity index (χ0) is 39.0. The molecule has 2 aromatic carbocycles. The first-order valence-corrected chi connectivity index (χ1v) is 17.2. The number of rotatable bonds is 5. The smallest absolute Gasteiger partial charge is 0.412 e. The Kier molecular flexibility index (Phi) is 11.3. The molecule has 3 heterocycles. The van der Waals surface area contributed by atoms with E-state index in [1.165, 1.54) is 19.1 Å². The first kappa shape index (κ1) is 39.3. The number of nitrogens with one attached hydrogen (secondary N) is 1. The number of allylic oxidation sites excluding steroid dienone is 3. The Morgan fingerprint density at radius 2 is 1.87 bits per heavy atom. The van der Waals surface area contributed by atoms with Crippen LogP contribution in [0, 0.1) is 33.1 Å². The monoisotopic (exact) mass is 756 g/mol. The number of hydrogen-bond acceptors (Lipinski definition) is 12. The second-order valence-corrected chi connectivity index (χ2v) is 14.3. The van der Waals surface area contributed by atoms with E-state index in [1.807, 2.05) is 26.0 Å². The van der Waals surface area contributed by atoms with Gasteiger partial charge in [0.15, 0.2) is 0 Å². The number of carbonyl (C=O) groups excluding carboxylic acids is 3. The number of carbonyl (C=O) groups is 3. The molecular formula is C36H41ClN4O12. The van der Waals surface area contributed by atoms with Crippen LogP contribution in [-0.4, -0.2) is 82.7 Å². The quantitative estimate of drug-likeness (QED) is 0.162. The van der Waals surface area contributed by atoms with Crippen molar-refractivity contribution >= 4 is 52.3 Å². The third-order valence-electron chi connectivity index (χ3n) is 10.1. The number of non-ortho nitro benzene ring substituents is 1. The Bertz CT molecular complexity index is 1900. The fraction of sp³-hybridized carbons (Fsp3) is 0.472. The number of esters is 1. The van der Waals surface area contributed by atoms with Crippen molar-refractivity contribution in [3.8, 4) is 0 Å². The van der Waals surface area contributed by atoms with Crippen molar-refractivity contribution in [2.24, 2.45) is 5.92 Å². The van der Waals surface area contributed by atoms with Gasteiger partial charge in [-0.15, -0.1) is 0 Å². The van der Waals surface area contributed by atoms with Gasteiger partial charge >= 0.3 is 12.1 Å². The number of halogens is 1. The molecule has 4 bridgehead atoms. The Morgan fingerprint density at radius 1 is 1.15 bits per heavy atom. The largest absolute Gasteiger partial charge is 0.462 e. The summed E-state index contributed by atoms with van der Waals surface area (Å²) in [6.45, 7) is 7.08. The van der Waals surface area contributed by atoms with Crippen LogP contribution in [0.2, 0.25) is 5.02 Å². The summed E-state index contributed by atoms with van der Waals surface area (Å²) in [7, 11) is 2.96. The Balaban J connectivity index is 1.53. The second-order valence-electron chi connectivity index (χ2n) is 14.0. The van der Waals surface area contributed by atoms with Crippen LogP contribution in [0.4, 0.5) is 27.5 Å². The maximum Gasteiger partial charge on any atom is 0.412 e. The molecule has 2 fully saturated rings. The van der Waals surface area contributed by atoms with Crippen LogP contribution in [0.3, 0.4) is 0 Å². The molecule has 0 saturated carbocycles. The van der Waals surface area contributed by atoms with E-state index >= 15 is 0 Å². The molecule has 284 valence electrons. The van der Waals surface area contributed by atoms with Gasteiger partial charge in [-0.05, 0) is 50.5 Å². The van der Waals surface area contributed by atoms with E-state index in [-0.39, 0.29) is 18.5 Å². The second kappa shape index (κ2) is 15.2. The van der Waals surface area contributed by atoms with E-state index in [0.717, 1.165) is 28.8 Å². The Labute approximate surface area is 310 Å². The van der Waals surface area contributed by atoms with Gasteiger partial charge in [0.25, 0.3) is 11.4 Å². The number of anilines is 2. The average molecular weight is 757 g/mol. The molecule has 16 nitrogen and oxygen atoms in total. The third-order valence-corrected chi connectivity index (χ3v) is 10.6. The van der Waals surface area contributed by atoms with Crippen molar-refractivity contribution in [1.29, 1.82) is 0 Å². The standard InChI is InChI=1S/C36H41ClN4O12/c1-19-8-7-9-28(50-6)36(45)17-27(51-31(43)18-36)21(3)33-35(4,53-33)29(16-30(42)39(5)26-14-22(12-19)13-20(2)32(26)37)52-34(44)38-24-11-10-23(40(46)47)15-25(24)41(48)49/h7-11,13-15,21,27-29,33,45H,12,16-18H2,1-6H3,(H,38,44)/b9-7+,19-8+/t21-,27+,28-,29+,33+,35+,36-/m1/s1. The van der Waals surface area contributed by atoms with Crippen molar-refractivity contribution in [3.63, 3.8) is 0 Å². The van der Waals surface area contributed by atoms with Gasteiger partial charge < -0.3 is 29.0 Å². The lowest BCUT2D eigenvalue weighted by molar-refractivity contribution is -0.393. The molecule has 7 atom stereocenters. The van der Waals surface area contributed by atoms with E-state index in [2.05, 4.69) is 5.32 Å². The summed E-state index contributed by atoms with van der Waals surface area (Å²) in [6.07, 6.45) is 0.0103. The summed E-state index contributed by atoms with van der Waals surface area (Å²) >= 11 is 6.71. The van der Waals surface area contributed by atoms with Crippen molar-refractivity contribution < 1.29 is 48.3 Å². The minimum atomic E-state index is -1.63. The van der Waals surface area contributed by atoms with Crippen LogP contribution in [-0.2, 0) is 35.0 Å². The van der Waals surface area contributed by atoms with Gasteiger partial charge in [0, 0.05) is 32.6 Å². The predicted octanol–water partition coefficient (Wildman–Crippen LogP) is 5.74. The lowest BCUT2D eigenvalue weighted by Crippen LogP contribution is -2.53. The number of fused-ring (bicyclic) bond motifs is 5. The zero-order valence-corrected chi connectivity index (χ0v) is 30.7. The number of ether oxygens (including phenoxy) is 4. The maximum absolute atomic E-state index is 14.0. The summed E-state index contributed by atoms with van der Waals surface area (Å²) < 4.78 is 23.3. The summed E-state index contributed by atoms with van der Waals surface area (Å²) in [4.78, 5) is 62.9. The van der Waals surface area contributed by atoms with E-state index in [1.54, 1.807) is 32.1 Å². The van der Waals surface area contributed by atoms with Gasteiger partial charge in [0.2, 0.25) is 5.91 Å². The normalized spacial score (nSPS) is 30.6. The minimum absolute atomic E-state index is 0.0114. The lowest BCUT2D eigenvalue weighted by atomic mass is 9.78. The lowest BCUT2D eigenvalue weighted by Gasteiger charge is -2.41. The van der Waals surface area contributed by atoms with Gasteiger partial charge in [-0.3, -0.25) is 35.1 Å². The number of methoxy groups -OCH3 is 1. The average Bonchev–Trinajstić information content (AvgIpc) is 3.78. The predicted molar refractivity (Wildman–Crippen MR) is 192 cm³/mol. The molecular weight excluding hydrogens is 716 g/mol. The molecule has 0 radical (unpaired) electrons. The van der Waals surface area contributed by atoms with Crippen LogP contribution < -0.4 is 10.2 Å². The highest BCUT2D eigenvalue weighted by atomic mass is 35.5. The Morgan fingerprint density at radius 3 is 2.53 bits per heavy atom. The summed E-state index contributed by atoms with van der Waals surface area (Å²) in [5.41, 5.74) is -1.75. The highest BCUT2D eigenvalue weighted by molar-refractivity contribution is 6.34. The number of nitro benzene ring substituents is 2. The number of aliphatic hydroxyl groups is 1. The van der Waals surface area contributed by atoms with Crippen molar-refractivity contribution in [2.45, 2.75) is 89.0 Å². The number of benzene rings is 2. The number of epoxide rings is 1. The molecule has 0 aliphatic carbocycles. The topological polar surface area (TPSA) is 213 Å². The molecule has 3 aliphatic rings. The minimum Gasteiger partial charge on any atom is -0.462 e. The molecule has 0 spiro atoms. The number of hydrogen-bond donors (Lipinski definition) is 2. The van der Waals surface area contributed by atoms with Gasteiger partial charge in [-0.1, -0.05) is 48.4 Å². The summed E-state index contributed by atoms with van der Waals surface area (Å²) in [6, 6.07) is 6.37. The van der Waals surface area contributed by atoms with Crippen LogP contribution in [0.5, 0.6) is 0 Å².